The first-order valence-corrected chi connectivity index (χ1v) is 8.30. The number of halogens is 2. The molecule has 0 amide bonds. The van der Waals surface area contributed by atoms with E-state index in [1.807, 2.05) is 25.5 Å². The summed E-state index contributed by atoms with van der Waals surface area (Å²) >= 11 is 6.10. The van der Waals surface area contributed by atoms with Gasteiger partial charge in [-0.1, -0.05) is 19.1 Å². The van der Waals surface area contributed by atoms with E-state index in [1.54, 1.807) is 12.1 Å². The van der Waals surface area contributed by atoms with Gasteiger partial charge in [0.25, 0.3) is 0 Å². The normalized spacial score (nSPS) is 11.4. The van der Waals surface area contributed by atoms with E-state index < -0.39 is 0 Å². The monoisotopic (exact) mass is 347 g/mol. The third-order valence-corrected chi connectivity index (χ3v) is 3.96. The molecule has 0 atom stereocenters. The van der Waals surface area contributed by atoms with Crippen LogP contribution in [0.25, 0.3) is 11.0 Å². The van der Waals surface area contributed by atoms with E-state index in [-0.39, 0.29) is 17.1 Å². The van der Waals surface area contributed by atoms with E-state index in [0.717, 1.165) is 28.7 Å². The summed E-state index contributed by atoms with van der Waals surface area (Å²) in [5.41, 5.74) is 2.61. The summed E-state index contributed by atoms with van der Waals surface area (Å²) in [7, 11) is 0. The Morgan fingerprint density at radius 2 is 1.92 bits per heavy atom. The SMILES string of the molecule is CCc1nn(C(C)C)c2nc(Cl)nc(NCc3ccc(F)cc3)c12. The first-order valence-electron chi connectivity index (χ1n) is 7.92. The average molecular weight is 348 g/mol. The molecule has 0 saturated heterocycles. The van der Waals surface area contributed by atoms with Crippen molar-refractivity contribution in [2.45, 2.75) is 39.8 Å². The number of benzene rings is 1. The van der Waals surface area contributed by atoms with Gasteiger partial charge in [-0.3, -0.25) is 0 Å². The van der Waals surface area contributed by atoms with Crippen LogP contribution >= 0.6 is 11.6 Å². The fraction of sp³-hybridized carbons (Fsp3) is 0.353. The Hall–Kier alpha value is -2.21. The molecule has 0 unspecified atom stereocenters. The molecule has 3 rings (SSSR count). The number of nitrogens with zero attached hydrogens (tertiary/aromatic N) is 4. The Labute approximate surface area is 144 Å². The summed E-state index contributed by atoms with van der Waals surface area (Å²) in [4.78, 5) is 8.69. The first kappa shape index (κ1) is 16.6. The van der Waals surface area contributed by atoms with Crippen LogP contribution < -0.4 is 5.32 Å². The van der Waals surface area contributed by atoms with E-state index in [4.69, 9.17) is 11.6 Å². The highest BCUT2D eigenvalue weighted by Crippen LogP contribution is 2.28. The molecule has 0 fully saturated rings. The Morgan fingerprint density at radius 1 is 1.21 bits per heavy atom. The van der Waals surface area contributed by atoms with Gasteiger partial charge in [-0.25, -0.2) is 9.07 Å². The lowest BCUT2D eigenvalue weighted by molar-refractivity contribution is 0.540. The van der Waals surface area contributed by atoms with Gasteiger partial charge < -0.3 is 5.32 Å². The van der Waals surface area contributed by atoms with Crippen LogP contribution in [0.15, 0.2) is 24.3 Å². The zero-order valence-corrected chi connectivity index (χ0v) is 14.6. The number of anilines is 1. The van der Waals surface area contributed by atoms with Gasteiger partial charge in [-0.05, 0) is 49.6 Å². The van der Waals surface area contributed by atoms with Crippen molar-refractivity contribution in [3.8, 4) is 0 Å². The third-order valence-electron chi connectivity index (χ3n) is 3.79. The Morgan fingerprint density at radius 3 is 2.54 bits per heavy atom. The van der Waals surface area contributed by atoms with Crippen molar-refractivity contribution in [3.05, 3.63) is 46.6 Å². The van der Waals surface area contributed by atoms with E-state index >= 15 is 0 Å². The molecule has 24 heavy (non-hydrogen) atoms. The predicted molar refractivity (Wildman–Crippen MR) is 93.8 cm³/mol. The van der Waals surface area contributed by atoms with Crippen molar-refractivity contribution in [1.29, 1.82) is 0 Å². The van der Waals surface area contributed by atoms with E-state index in [1.165, 1.54) is 12.1 Å². The van der Waals surface area contributed by atoms with Crippen molar-refractivity contribution < 1.29 is 4.39 Å². The van der Waals surface area contributed by atoms with Gasteiger partial charge >= 0.3 is 0 Å². The molecule has 1 N–H and O–H groups in total. The van der Waals surface area contributed by atoms with Crippen LogP contribution in [0.5, 0.6) is 0 Å². The molecule has 0 bridgehead atoms. The molecule has 0 saturated carbocycles. The molecule has 2 aromatic heterocycles. The number of hydrogen-bond donors (Lipinski definition) is 1. The number of hydrogen-bond acceptors (Lipinski definition) is 4. The Bertz CT molecular complexity index is 858. The molecule has 0 aliphatic carbocycles. The maximum Gasteiger partial charge on any atom is 0.226 e. The fourth-order valence-corrected chi connectivity index (χ4v) is 2.77. The quantitative estimate of drug-likeness (QED) is 0.696. The van der Waals surface area contributed by atoms with E-state index in [2.05, 4.69) is 20.4 Å². The van der Waals surface area contributed by atoms with Crippen molar-refractivity contribution in [2.75, 3.05) is 5.32 Å². The predicted octanol–water partition coefficient (Wildman–Crippen LogP) is 4.37. The van der Waals surface area contributed by atoms with Crippen LogP contribution in [0.4, 0.5) is 10.2 Å². The molecule has 5 nitrogen and oxygen atoms in total. The molecule has 3 aromatic rings. The van der Waals surface area contributed by atoms with Gasteiger partial charge in [0.2, 0.25) is 5.28 Å². The maximum absolute atomic E-state index is 13.0. The number of nitrogens with one attached hydrogen (secondary N) is 1. The zero-order chi connectivity index (χ0) is 17.3. The second-order valence-corrected chi connectivity index (χ2v) is 6.20. The number of rotatable bonds is 5. The molecule has 7 heteroatoms. The molecule has 0 aliphatic rings. The summed E-state index contributed by atoms with van der Waals surface area (Å²) in [5.74, 6) is 0.399. The van der Waals surface area contributed by atoms with Gasteiger partial charge in [0.15, 0.2) is 5.65 Å². The molecule has 2 heterocycles. The van der Waals surface area contributed by atoms with Crippen LogP contribution in [-0.4, -0.2) is 19.7 Å². The number of aryl methyl sites for hydroxylation is 1. The van der Waals surface area contributed by atoms with Crippen molar-refractivity contribution in [1.82, 2.24) is 19.7 Å². The lowest BCUT2D eigenvalue weighted by atomic mass is 10.2. The van der Waals surface area contributed by atoms with Gasteiger partial charge in [-0.2, -0.15) is 15.1 Å². The van der Waals surface area contributed by atoms with E-state index in [9.17, 15) is 4.39 Å². The van der Waals surface area contributed by atoms with Gasteiger partial charge in [0, 0.05) is 12.6 Å². The zero-order valence-electron chi connectivity index (χ0n) is 13.8. The second kappa shape index (κ2) is 6.73. The molecular weight excluding hydrogens is 329 g/mol. The molecular formula is C17H19ClFN5. The van der Waals surface area contributed by atoms with Crippen LogP contribution in [0.2, 0.25) is 5.28 Å². The smallest absolute Gasteiger partial charge is 0.226 e. The fourth-order valence-electron chi connectivity index (χ4n) is 2.60. The topological polar surface area (TPSA) is 55.6 Å². The largest absolute Gasteiger partial charge is 0.365 e. The molecule has 0 radical (unpaired) electrons. The van der Waals surface area contributed by atoms with Crippen molar-refractivity contribution >= 4 is 28.5 Å². The van der Waals surface area contributed by atoms with Crippen LogP contribution in [0, 0.1) is 5.82 Å². The number of fused-ring (bicyclic) bond motifs is 1. The summed E-state index contributed by atoms with van der Waals surface area (Å²) in [6, 6.07) is 6.52. The summed E-state index contributed by atoms with van der Waals surface area (Å²) < 4.78 is 14.9. The first-order chi connectivity index (χ1) is 11.5. The standard InChI is InChI=1S/C17H19ClFN5/c1-4-13-14-15(20-9-11-5-7-12(19)8-6-11)21-17(18)22-16(14)24(23-13)10(2)3/h5-8,10H,4,9H2,1-3H3,(H,20,21,22). The van der Waals surface area contributed by atoms with Crippen LogP contribution in [0.3, 0.4) is 0 Å². The molecule has 0 spiro atoms. The van der Waals surface area contributed by atoms with Gasteiger partial charge in [-0.15, -0.1) is 0 Å². The number of aromatic nitrogens is 4. The Balaban J connectivity index is 2.01. The van der Waals surface area contributed by atoms with Crippen LogP contribution in [-0.2, 0) is 13.0 Å². The molecule has 1 aromatic carbocycles. The highest BCUT2D eigenvalue weighted by molar-refractivity contribution is 6.28. The van der Waals surface area contributed by atoms with Crippen LogP contribution in [0.1, 0.15) is 38.1 Å². The Kier molecular flexibility index (Phi) is 4.66. The minimum Gasteiger partial charge on any atom is -0.365 e. The van der Waals surface area contributed by atoms with E-state index in [0.29, 0.717) is 12.4 Å². The van der Waals surface area contributed by atoms with Crippen molar-refractivity contribution in [3.63, 3.8) is 0 Å². The molecule has 126 valence electrons. The highest BCUT2D eigenvalue weighted by Gasteiger charge is 2.18. The average Bonchev–Trinajstić information content (AvgIpc) is 2.92. The third kappa shape index (κ3) is 3.19. The minimum atomic E-state index is -0.252. The lowest BCUT2D eigenvalue weighted by Crippen LogP contribution is -2.06. The second-order valence-electron chi connectivity index (χ2n) is 5.86. The lowest BCUT2D eigenvalue weighted by Gasteiger charge is -2.09. The highest BCUT2D eigenvalue weighted by atomic mass is 35.5. The van der Waals surface area contributed by atoms with Gasteiger partial charge in [0.05, 0.1) is 11.1 Å². The van der Waals surface area contributed by atoms with Crippen molar-refractivity contribution in [2.24, 2.45) is 0 Å². The maximum atomic E-state index is 13.0. The van der Waals surface area contributed by atoms with Gasteiger partial charge in [0.1, 0.15) is 11.6 Å². The molecule has 0 aliphatic heterocycles. The summed E-state index contributed by atoms with van der Waals surface area (Å²) in [6.07, 6.45) is 0.770. The summed E-state index contributed by atoms with van der Waals surface area (Å²) in [5, 5.41) is 8.98. The minimum absolute atomic E-state index is 0.170. The summed E-state index contributed by atoms with van der Waals surface area (Å²) in [6.45, 7) is 6.66.